The molecular formula is C22H38N3O4S+. The molecular weight excluding hydrogens is 402 g/mol. The highest BCUT2D eigenvalue weighted by Crippen LogP contribution is 2.32. The standard InChI is InChI=1S/C22H38N3O4S/c1-6-8-9-10-14-27-21-20(23-30-24-21)18-12-11-13-25(5,15-18)19(7-2)29-22(26)28-16-17(3)4/h12,17,19H,6-11,13-16H2,1-5H3/q+1. The fraction of sp³-hybridized carbons (Fsp3) is 0.773. The number of hydrogen-bond acceptors (Lipinski definition) is 7. The molecule has 1 aliphatic heterocycles. The molecule has 0 amide bonds. The van der Waals surface area contributed by atoms with Gasteiger partial charge in [-0.3, -0.25) is 4.48 Å². The van der Waals surface area contributed by atoms with E-state index in [2.05, 4.69) is 28.8 Å². The number of likely N-dealkylation sites (N-methyl/N-ethyl adjacent to an activating group) is 1. The number of ether oxygens (including phenoxy) is 3. The van der Waals surface area contributed by atoms with Crippen LogP contribution < -0.4 is 4.74 Å². The largest absolute Gasteiger partial charge is 0.512 e. The lowest BCUT2D eigenvalue weighted by Crippen LogP contribution is -2.56. The molecule has 2 heterocycles. The van der Waals surface area contributed by atoms with Gasteiger partial charge in [0.25, 0.3) is 5.88 Å². The van der Waals surface area contributed by atoms with Crippen LogP contribution in [0.2, 0.25) is 0 Å². The molecule has 1 aromatic rings. The molecule has 30 heavy (non-hydrogen) atoms. The first-order valence-corrected chi connectivity index (χ1v) is 11.9. The molecule has 2 unspecified atom stereocenters. The monoisotopic (exact) mass is 440 g/mol. The van der Waals surface area contributed by atoms with Gasteiger partial charge in [-0.25, -0.2) is 4.79 Å². The first-order valence-electron chi connectivity index (χ1n) is 11.2. The third kappa shape index (κ3) is 7.23. The maximum absolute atomic E-state index is 12.1. The van der Waals surface area contributed by atoms with Crippen LogP contribution in [-0.4, -0.2) is 59.0 Å². The summed E-state index contributed by atoms with van der Waals surface area (Å²) in [7, 11) is 2.13. The normalized spacial score (nSPS) is 20.0. The topological polar surface area (TPSA) is 70.5 Å². The van der Waals surface area contributed by atoms with Crippen molar-refractivity contribution in [2.75, 3.05) is 33.4 Å². The molecule has 0 aliphatic carbocycles. The first kappa shape index (κ1) is 24.6. The van der Waals surface area contributed by atoms with Gasteiger partial charge in [0.15, 0.2) is 0 Å². The zero-order valence-corrected chi connectivity index (χ0v) is 20.0. The Kier molecular flexibility index (Phi) is 10.0. The fourth-order valence-electron chi connectivity index (χ4n) is 3.68. The van der Waals surface area contributed by atoms with E-state index in [1.165, 1.54) is 31.0 Å². The van der Waals surface area contributed by atoms with Gasteiger partial charge in [-0.1, -0.05) is 53.0 Å². The molecule has 8 heteroatoms. The number of hydrogen-bond donors (Lipinski definition) is 0. The van der Waals surface area contributed by atoms with E-state index < -0.39 is 6.16 Å². The lowest BCUT2D eigenvalue weighted by atomic mass is 10.0. The highest BCUT2D eigenvalue weighted by atomic mass is 32.1. The minimum absolute atomic E-state index is 0.265. The number of aromatic nitrogens is 2. The maximum Gasteiger partial charge on any atom is 0.512 e. The highest BCUT2D eigenvalue weighted by Gasteiger charge is 2.38. The van der Waals surface area contributed by atoms with Crippen molar-refractivity contribution in [2.45, 2.75) is 72.4 Å². The summed E-state index contributed by atoms with van der Waals surface area (Å²) in [4.78, 5) is 12.1. The molecule has 0 N–H and O–H groups in total. The van der Waals surface area contributed by atoms with Crippen LogP contribution in [0.4, 0.5) is 4.79 Å². The Hall–Kier alpha value is -1.67. The maximum atomic E-state index is 12.1. The van der Waals surface area contributed by atoms with E-state index in [-0.39, 0.29) is 12.1 Å². The fourth-order valence-corrected chi connectivity index (χ4v) is 4.22. The molecule has 0 aromatic carbocycles. The molecule has 0 fully saturated rings. The van der Waals surface area contributed by atoms with Crippen molar-refractivity contribution in [1.29, 1.82) is 0 Å². The minimum Gasteiger partial charge on any atom is -0.475 e. The Morgan fingerprint density at radius 3 is 2.73 bits per heavy atom. The second kappa shape index (κ2) is 12.2. The summed E-state index contributed by atoms with van der Waals surface area (Å²) in [6, 6.07) is 0. The molecule has 1 aliphatic rings. The van der Waals surface area contributed by atoms with Crippen LogP contribution in [-0.2, 0) is 9.47 Å². The van der Waals surface area contributed by atoms with Gasteiger partial charge < -0.3 is 14.2 Å². The van der Waals surface area contributed by atoms with Gasteiger partial charge in [0.2, 0.25) is 6.23 Å². The average molecular weight is 441 g/mol. The third-order valence-electron chi connectivity index (χ3n) is 5.37. The van der Waals surface area contributed by atoms with Gasteiger partial charge in [-0.2, -0.15) is 4.37 Å². The Balaban J connectivity index is 2.00. The van der Waals surface area contributed by atoms with E-state index in [4.69, 9.17) is 14.2 Å². The van der Waals surface area contributed by atoms with Crippen LogP contribution >= 0.6 is 11.7 Å². The van der Waals surface area contributed by atoms with Gasteiger partial charge in [0, 0.05) is 18.4 Å². The van der Waals surface area contributed by atoms with Gasteiger partial charge in [0.05, 0.1) is 38.5 Å². The number of rotatable bonds is 12. The van der Waals surface area contributed by atoms with Crippen molar-refractivity contribution in [2.24, 2.45) is 5.92 Å². The molecule has 0 bridgehead atoms. The summed E-state index contributed by atoms with van der Waals surface area (Å²) < 4.78 is 26.4. The predicted octanol–water partition coefficient (Wildman–Crippen LogP) is 5.28. The van der Waals surface area contributed by atoms with Gasteiger partial charge in [0.1, 0.15) is 12.2 Å². The van der Waals surface area contributed by atoms with Gasteiger partial charge in [-0.15, -0.1) is 4.37 Å². The van der Waals surface area contributed by atoms with E-state index in [0.29, 0.717) is 30.1 Å². The Labute approximate surface area is 185 Å². The van der Waals surface area contributed by atoms with E-state index in [0.717, 1.165) is 37.1 Å². The summed E-state index contributed by atoms with van der Waals surface area (Å²) in [5.74, 6) is 0.908. The molecule has 0 saturated heterocycles. The molecule has 0 spiro atoms. The Bertz CT molecular complexity index is 692. The molecule has 0 saturated carbocycles. The molecule has 170 valence electrons. The van der Waals surface area contributed by atoms with Crippen molar-refractivity contribution < 1.29 is 23.5 Å². The van der Waals surface area contributed by atoms with E-state index in [1.807, 2.05) is 20.8 Å². The van der Waals surface area contributed by atoms with Gasteiger partial charge in [-0.05, 0) is 12.3 Å². The van der Waals surface area contributed by atoms with Crippen LogP contribution in [0.1, 0.15) is 71.9 Å². The Morgan fingerprint density at radius 2 is 2.03 bits per heavy atom. The number of unbranched alkanes of at least 4 members (excludes halogenated alkanes) is 3. The molecule has 2 rings (SSSR count). The molecule has 0 radical (unpaired) electrons. The second-order valence-electron chi connectivity index (χ2n) is 8.64. The average Bonchev–Trinajstić information content (AvgIpc) is 3.19. The number of carbonyl (C=O) groups excluding carboxylic acids is 1. The highest BCUT2D eigenvalue weighted by molar-refractivity contribution is 6.99. The smallest absolute Gasteiger partial charge is 0.475 e. The van der Waals surface area contributed by atoms with Crippen molar-refractivity contribution >= 4 is 23.5 Å². The van der Waals surface area contributed by atoms with E-state index in [9.17, 15) is 4.79 Å². The minimum atomic E-state index is -0.586. The van der Waals surface area contributed by atoms with E-state index in [1.54, 1.807) is 0 Å². The summed E-state index contributed by atoms with van der Waals surface area (Å²) in [5.41, 5.74) is 1.94. The number of nitrogens with zero attached hydrogens (tertiary/aromatic N) is 3. The zero-order valence-electron chi connectivity index (χ0n) is 19.2. The third-order valence-corrected chi connectivity index (χ3v) is 5.88. The quantitative estimate of drug-likeness (QED) is 0.250. The van der Waals surface area contributed by atoms with Crippen molar-refractivity contribution in [1.82, 2.24) is 8.75 Å². The number of quaternary nitrogens is 1. The van der Waals surface area contributed by atoms with Crippen LogP contribution in [0.5, 0.6) is 5.88 Å². The lowest BCUT2D eigenvalue weighted by Gasteiger charge is -2.42. The second-order valence-corrected chi connectivity index (χ2v) is 9.17. The van der Waals surface area contributed by atoms with Gasteiger partial charge >= 0.3 is 6.16 Å². The summed E-state index contributed by atoms with van der Waals surface area (Å²) in [6.07, 6.45) is 7.60. The summed E-state index contributed by atoms with van der Waals surface area (Å²) >= 11 is 1.18. The van der Waals surface area contributed by atoms with Crippen LogP contribution in [0.3, 0.4) is 0 Å². The predicted molar refractivity (Wildman–Crippen MR) is 119 cm³/mol. The SMILES string of the molecule is CCCCCCOc1nsnc1C1=CCC[N+](C)(C(CC)OC(=O)OCC(C)C)C1. The van der Waals surface area contributed by atoms with Crippen LogP contribution in [0.25, 0.3) is 5.57 Å². The van der Waals surface area contributed by atoms with Crippen LogP contribution in [0.15, 0.2) is 6.08 Å². The van der Waals surface area contributed by atoms with E-state index >= 15 is 0 Å². The van der Waals surface area contributed by atoms with Crippen LogP contribution in [0, 0.1) is 5.92 Å². The molecule has 1 aromatic heterocycles. The summed E-state index contributed by atoms with van der Waals surface area (Å²) in [6.45, 7) is 10.9. The van der Waals surface area contributed by atoms with Crippen molar-refractivity contribution in [3.63, 3.8) is 0 Å². The Morgan fingerprint density at radius 1 is 1.23 bits per heavy atom. The molecule has 7 nitrogen and oxygen atoms in total. The first-order chi connectivity index (χ1) is 14.4. The lowest BCUT2D eigenvalue weighted by molar-refractivity contribution is -0.947. The zero-order chi connectivity index (χ0) is 22.0. The van der Waals surface area contributed by atoms with Crippen molar-refractivity contribution in [3.8, 4) is 5.88 Å². The number of carbonyl (C=O) groups is 1. The summed E-state index contributed by atoms with van der Waals surface area (Å²) in [5, 5.41) is 0. The molecule has 2 atom stereocenters. The van der Waals surface area contributed by atoms with Crippen molar-refractivity contribution in [3.05, 3.63) is 11.8 Å².